The second kappa shape index (κ2) is 9.14. The van der Waals surface area contributed by atoms with Crippen molar-refractivity contribution in [1.82, 2.24) is 0 Å². The minimum atomic E-state index is 0.390. The first-order valence-corrected chi connectivity index (χ1v) is 5.91. The zero-order valence-corrected chi connectivity index (χ0v) is 8.91. The van der Waals surface area contributed by atoms with E-state index < -0.39 is 0 Å². The Hall–Kier alpha value is 0.0500. The summed E-state index contributed by atoms with van der Waals surface area (Å²) in [6, 6.07) is 0.390. The number of allylic oxidation sites excluding steroid dienone is 1. The number of hydrogen-bond acceptors (Lipinski definition) is 2. The number of thioether (sulfide) groups is 1. The molecule has 1 unspecified atom stereocenters. The maximum atomic E-state index is 5.90. The summed E-state index contributed by atoms with van der Waals surface area (Å²) in [6.45, 7) is 5.89. The molecule has 0 saturated carbocycles. The molecule has 0 aromatic rings. The molecule has 0 aromatic heterocycles. The Morgan fingerprint density at radius 1 is 1.58 bits per heavy atom. The molecule has 0 fully saturated rings. The fourth-order valence-electron chi connectivity index (χ4n) is 0.987. The third kappa shape index (κ3) is 8.15. The summed E-state index contributed by atoms with van der Waals surface area (Å²) in [5.41, 5.74) is 5.90. The topological polar surface area (TPSA) is 26.0 Å². The molecule has 1 nitrogen and oxygen atoms in total. The molecule has 0 heterocycles. The van der Waals surface area contributed by atoms with Gasteiger partial charge in [0.25, 0.3) is 0 Å². The standard InChI is InChI=1S/C10H21NS/c1-3-5-6-7-10(11)9-12-8-4-2/h3,10H,1,4-9,11H2,2H3. The molecule has 72 valence electrons. The summed E-state index contributed by atoms with van der Waals surface area (Å²) >= 11 is 1.97. The van der Waals surface area contributed by atoms with E-state index in [0.29, 0.717) is 6.04 Å². The Morgan fingerprint density at radius 2 is 2.33 bits per heavy atom. The van der Waals surface area contributed by atoms with Gasteiger partial charge < -0.3 is 5.73 Å². The minimum Gasteiger partial charge on any atom is -0.327 e. The molecule has 0 saturated heterocycles. The van der Waals surface area contributed by atoms with E-state index in [0.717, 1.165) is 18.6 Å². The number of hydrogen-bond donors (Lipinski definition) is 1. The predicted molar refractivity (Wildman–Crippen MR) is 59.6 cm³/mol. The lowest BCUT2D eigenvalue weighted by molar-refractivity contribution is 0.637. The van der Waals surface area contributed by atoms with E-state index in [4.69, 9.17) is 5.73 Å². The average molecular weight is 187 g/mol. The van der Waals surface area contributed by atoms with Crippen LogP contribution >= 0.6 is 11.8 Å². The summed E-state index contributed by atoms with van der Waals surface area (Å²) < 4.78 is 0. The van der Waals surface area contributed by atoms with Crippen LogP contribution < -0.4 is 5.73 Å². The largest absolute Gasteiger partial charge is 0.327 e. The maximum Gasteiger partial charge on any atom is 0.0130 e. The van der Waals surface area contributed by atoms with Crippen molar-refractivity contribution in [3.63, 3.8) is 0 Å². The lowest BCUT2D eigenvalue weighted by Crippen LogP contribution is -2.22. The van der Waals surface area contributed by atoms with Crippen molar-refractivity contribution in [2.75, 3.05) is 11.5 Å². The molecule has 0 aromatic carbocycles. The van der Waals surface area contributed by atoms with E-state index >= 15 is 0 Å². The zero-order chi connectivity index (χ0) is 9.23. The fourth-order valence-corrected chi connectivity index (χ4v) is 1.91. The molecule has 0 rings (SSSR count). The Kier molecular flexibility index (Phi) is 9.18. The Morgan fingerprint density at radius 3 is 2.92 bits per heavy atom. The van der Waals surface area contributed by atoms with Gasteiger partial charge in [0, 0.05) is 11.8 Å². The molecule has 0 bridgehead atoms. The molecule has 1 atom stereocenters. The van der Waals surface area contributed by atoms with Crippen molar-refractivity contribution in [2.45, 2.75) is 38.6 Å². The van der Waals surface area contributed by atoms with Crippen LogP contribution in [0.4, 0.5) is 0 Å². The van der Waals surface area contributed by atoms with Crippen molar-refractivity contribution in [2.24, 2.45) is 5.73 Å². The van der Waals surface area contributed by atoms with Crippen LogP contribution in [0.15, 0.2) is 12.7 Å². The molecular formula is C10H21NS. The van der Waals surface area contributed by atoms with Gasteiger partial charge in [0.15, 0.2) is 0 Å². The van der Waals surface area contributed by atoms with E-state index in [1.54, 1.807) is 0 Å². The predicted octanol–water partition coefficient (Wildman–Crippen LogP) is 2.81. The molecule has 0 amide bonds. The van der Waals surface area contributed by atoms with Gasteiger partial charge in [-0.15, -0.1) is 6.58 Å². The van der Waals surface area contributed by atoms with Gasteiger partial charge in [-0.1, -0.05) is 13.0 Å². The lowest BCUT2D eigenvalue weighted by atomic mass is 10.1. The van der Waals surface area contributed by atoms with Crippen LogP contribution in [-0.2, 0) is 0 Å². The van der Waals surface area contributed by atoms with Crippen molar-refractivity contribution in [3.05, 3.63) is 12.7 Å². The maximum absolute atomic E-state index is 5.90. The normalized spacial score (nSPS) is 12.8. The van der Waals surface area contributed by atoms with E-state index in [1.807, 2.05) is 17.8 Å². The Balaban J connectivity index is 3.09. The smallest absolute Gasteiger partial charge is 0.0130 e. The van der Waals surface area contributed by atoms with Crippen LogP contribution in [0.25, 0.3) is 0 Å². The van der Waals surface area contributed by atoms with Gasteiger partial charge in [-0.25, -0.2) is 0 Å². The van der Waals surface area contributed by atoms with Crippen LogP contribution in [0.5, 0.6) is 0 Å². The van der Waals surface area contributed by atoms with Gasteiger partial charge in [-0.2, -0.15) is 11.8 Å². The highest BCUT2D eigenvalue weighted by Gasteiger charge is 2.00. The monoisotopic (exact) mass is 187 g/mol. The van der Waals surface area contributed by atoms with Crippen molar-refractivity contribution >= 4 is 11.8 Å². The Bertz CT molecular complexity index is 104. The van der Waals surface area contributed by atoms with E-state index in [9.17, 15) is 0 Å². The third-order valence-electron chi connectivity index (χ3n) is 1.66. The molecule has 2 heteroatoms. The molecular weight excluding hydrogens is 166 g/mol. The quantitative estimate of drug-likeness (QED) is 0.467. The van der Waals surface area contributed by atoms with Gasteiger partial charge in [-0.05, 0) is 31.4 Å². The van der Waals surface area contributed by atoms with Gasteiger partial charge in [-0.3, -0.25) is 0 Å². The second-order valence-corrected chi connectivity index (χ2v) is 4.20. The molecule has 0 aliphatic heterocycles. The first kappa shape index (κ1) is 12.0. The number of rotatable bonds is 8. The molecule has 0 aliphatic carbocycles. The highest BCUT2D eigenvalue weighted by molar-refractivity contribution is 7.99. The molecule has 0 aliphatic rings. The van der Waals surface area contributed by atoms with E-state index in [2.05, 4.69) is 13.5 Å². The van der Waals surface area contributed by atoms with E-state index in [1.165, 1.54) is 18.6 Å². The second-order valence-electron chi connectivity index (χ2n) is 3.05. The molecule has 0 spiro atoms. The SMILES string of the molecule is C=CCCCC(N)CSCCC. The minimum absolute atomic E-state index is 0.390. The van der Waals surface area contributed by atoms with Gasteiger partial charge in [0.1, 0.15) is 0 Å². The van der Waals surface area contributed by atoms with Gasteiger partial charge in [0.2, 0.25) is 0 Å². The van der Waals surface area contributed by atoms with Crippen molar-refractivity contribution < 1.29 is 0 Å². The summed E-state index contributed by atoms with van der Waals surface area (Å²) in [7, 11) is 0. The highest BCUT2D eigenvalue weighted by atomic mass is 32.2. The summed E-state index contributed by atoms with van der Waals surface area (Å²) in [4.78, 5) is 0. The average Bonchev–Trinajstić information content (AvgIpc) is 2.06. The third-order valence-corrected chi connectivity index (χ3v) is 3.02. The number of unbranched alkanes of at least 4 members (excludes halogenated alkanes) is 1. The molecule has 0 radical (unpaired) electrons. The summed E-state index contributed by atoms with van der Waals surface area (Å²) in [6.07, 6.45) is 6.65. The molecule has 12 heavy (non-hydrogen) atoms. The zero-order valence-electron chi connectivity index (χ0n) is 8.09. The van der Waals surface area contributed by atoms with Crippen LogP contribution in [0, 0.1) is 0 Å². The van der Waals surface area contributed by atoms with Gasteiger partial charge >= 0.3 is 0 Å². The van der Waals surface area contributed by atoms with Crippen LogP contribution in [0.2, 0.25) is 0 Å². The summed E-state index contributed by atoms with van der Waals surface area (Å²) in [5, 5.41) is 0. The van der Waals surface area contributed by atoms with Crippen molar-refractivity contribution in [1.29, 1.82) is 0 Å². The Labute approximate surface area is 80.8 Å². The first-order valence-electron chi connectivity index (χ1n) is 4.75. The summed E-state index contributed by atoms with van der Waals surface area (Å²) in [5.74, 6) is 2.36. The van der Waals surface area contributed by atoms with Gasteiger partial charge in [0.05, 0.1) is 0 Å². The van der Waals surface area contributed by atoms with Crippen LogP contribution in [-0.4, -0.2) is 17.5 Å². The van der Waals surface area contributed by atoms with Crippen molar-refractivity contribution in [3.8, 4) is 0 Å². The number of nitrogens with two attached hydrogens (primary N) is 1. The fraction of sp³-hybridized carbons (Fsp3) is 0.800. The molecule has 2 N–H and O–H groups in total. The van der Waals surface area contributed by atoms with Crippen LogP contribution in [0.1, 0.15) is 32.6 Å². The van der Waals surface area contributed by atoms with Crippen LogP contribution in [0.3, 0.4) is 0 Å². The van der Waals surface area contributed by atoms with E-state index in [-0.39, 0.29) is 0 Å². The first-order chi connectivity index (χ1) is 5.81. The lowest BCUT2D eigenvalue weighted by Gasteiger charge is -2.09. The highest BCUT2D eigenvalue weighted by Crippen LogP contribution is 2.08.